The van der Waals surface area contributed by atoms with E-state index in [9.17, 15) is 0 Å². The number of nitrogens with zero attached hydrogens (tertiary/aromatic N) is 4. The second-order valence-electron chi connectivity index (χ2n) is 14.8. The van der Waals surface area contributed by atoms with Crippen molar-refractivity contribution in [1.29, 1.82) is 0 Å². The van der Waals surface area contributed by atoms with E-state index >= 15 is 0 Å². The van der Waals surface area contributed by atoms with Gasteiger partial charge in [0, 0.05) is 63.2 Å². The monoisotopic (exact) mass is 776 g/mol. The van der Waals surface area contributed by atoms with E-state index in [4.69, 9.17) is 19.9 Å². The third kappa shape index (κ3) is 5.44. The Balaban J connectivity index is 1.04. The lowest BCUT2D eigenvalue weighted by Crippen LogP contribution is -2.36. The SMILES string of the molecule is C1=c2c(-c3ccccc3)nc3cc(-c4cccc(-c5nc(-c6ccccc6)nc(-c6cccc7sc8ccccc8c67)n5)c4)ccc3c2=C2c3ccccc3SC2C1. The molecule has 7 aromatic carbocycles. The van der Waals surface area contributed by atoms with Crippen molar-refractivity contribution in [2.24, 2.45) is 0 Å². The first-order valence-corrected chi connectivity index (χ1v) is 21.3. The second-order valence-corrected chi connectivity index (χ2v) is 17.2. The van der Waals surface area contributed by atoms with Gasteiger partial charge in [0.1, 0.15) is 0 Å². The summed E-state index contributed by atoms with van der Waals surface area (Å²) in [6, 6.07) is 60.1. The zero-order chi connectivity index (χ0) is 38.2. The fraction of sp³-hybridized carbons (Fsp3) is 0.0385. The summed E-state index contributed by atoms with van der Waals surface area (Å²) in [6.45, 7) is 0. The van der Waals surface area contributed by atoms with E-state index in [0.29, 0.717) is 22.7 Å². The van der Waals surface area contributed by atoms with E-state index in [2.05, 4.69) is 158 Å². The summed E-state index contributed by atoms with van der Waals surface area (Å²) in [4.78, 5) is 22.3. The molecule has 6 heteroatoms. The van der Waals surface area contributed by atoms with Crippen LogP contribution in [-0.4, -0.2) is 25.2 Å². The molecule has 58 heavy (non-hydrogen) atoms. The smallest absolute Gasteiger partial charge is 0.164 e. The van der Waals surface area contributed by atoms with E-state index in [0.717, 1.165) is 51.0 Å². The molecule has 0 amide bonds. The number of fused-ring (bicyclic) bond motifs is 9. The van der Waals surface area contributed by atoms with E-state index in [1.54, 1.807) is 11.3 Å². The highest BCUT2D eigenvalue weighted by atomic mass is 32.2. The van der Waals surface area contributed by atoms with E-state index in [-0.39, 0.29) is 0 Å². The molecule has 272 valence electrons. The third-order valence-electron chi connectivity index (χ3n) is 11.4. The fourth-order valence-electron chi connectivity index (χ4n) is 8.77. The fourth-order valence-corrected chi connectivity index (χ4v) is 11.2. The predicted octanol–water partition coefficient (Wildman–Crippen LogP) is 12.0. The standard InChI is InChI=1S/C52H32N4S2/c1-3-13-31(14-4-1)49-39-27-28-45-48(38-20-8-10-23-43(38)58-45)47(39)36-26-25-34(30-41(36)53-49)33-17-11-18-35(29-33)51-54-50(32-15-5-2-6-16-32)55-52(56-51)40-21-12-24-44-46(40)37-19-7-9-22-42(37)57-44/h1-27,29-30,45H,28H2. The molecule has 0 fully saturated rings. The molecule has 0 saturated carbocycles. The molecule has 0 N–H and O–H groups in total. The average Bonchev–Trinajstić information content (AvgIpc) is 3.88. The number of pyridine rings is 1. The predicted molar refractivity (Wildman–Crippen MR) is 242 cm³/mol. The van der Waals surface area contributed by atoms with Crippen LogP contribution in [0, 0.1) is 0 Å². The molecule has 4 nitrogen and oxygen atoms in total. The van der Waals surface area contributed by atoms with Gasteiger partial charge in [0.2, 0.25) is 0 Å². The second kappa shape index (κ2) is 13.4. The summed E-state index contributed by atoms with van der Waals surface area (Å²) < 4.78 is 2.47. The molecule has 3 aromatic heterocycles. The summed E-state index contributed by atoms with van der Waals surface area (Å²) >= 11 is 3.79. The summed E-state index contributed by atoms with van der Waals surface area (Å²) in [5.74, 6) is 1.95. The minimum atomic E-state index is 0.395. The van der Waals surface area contributed by atoms with Crippen LogP contribution in [0.3, 0.4) is 0 Å². The molecule has 0 bridgehead atoms. The van der Waals surface area contributed by atoms with Gasteiger partial charge < -0.3 is 0 Å². The summed E-state index contributed by atoms with van der Waals surface area (Å²) in [6.07, 6.45) is 3.41. The molecule has 1 unspecified atom stereocenters. The van der Waals surface area contributed by atoms with Gasteiger partial charge in [0.05, 0.1) is 11.2 Å². The van der Waals surface area contributed by atoms with Crippen LogP contribution in [0.15, 0.2) is 175 Å². The number of rotatable bonds is 5. The van der Waals surface area contributed by atoms with Crippen molar-refractivity contribution in [3.05, 3.63) is 186 Å². The Kier molecular flexibility index (Phi) is 7.75. The van der Waals surface area contributed by atoms with Crippen molar-refractivity contribution in [2.45, 2.75) is 16.6 Å². The van der Waals surface area contributed by atoms with Crippen molar-refractivity contribution in [1.82, 2.24) is 19.9 Å². The lowest BCUT2D eigenvalue weighted by Gasteiger charge is -2.18. The zero-order valence-electron chi connectivity index (χ0n) is 31.1. The van der Waals surface area contributed by atoms with Crippen LogP contribution in [0.25, 0.3) is 99.3 Å². The Bertz CT molecular complexity index is 3410. The topological polar surface area (TPSA) is 51.6 Å². The molecular formula is C52H32N4S2. The van der Waals surface area contributed by atoms with Crippen LogP contribution in [0.1, 0.15) is 12.0 Å². The first-order valence-electron chi connectivity index (χ1n) is 19.6. The summed E-state index contributed by atoms with van der Waals surface area (Å²) in [5, 5.41) is 6.53. The molecule has 12 rings (SSSR count). The first-order chi connectivity index (χ1) is 28.7. The zero-order valence-corrected chi connectivity index (χ0v) is 32.8. The van der Waals surface area contributed by atoms with E-state index in [1.165, 1.54) is 52.0 Å². The molecule has 10 aromatic rings. The number of hydrogen-bond acceptors (Lipinski definition) is 6. The minimum Gasteiger partial charge on any atom is -0.247 e. The molecule has 0 saturated heterocycles. The number of benzene rings is 7. The van der Waals surface area contributed by atoms with Crippen molar-refractivity contribution >= 4 is 65.8 Å². The number of aromatic nitrogens is 4. The largest absolute Gasteiger partial charge is 0.247 e. The van der Waals surface area contributed by atoms with E-state index in [1.807, 2.05) is 30.0 Å². The Hall–Kier alpha value is -6.73. The molecule has 1 aliphatic heterocycles. The Morgan fingerprint density at radius 2 is 1.12 bits per heavy atom. The van der Waals surface area contributed by atoms with Crippen LogP contribution in [0.4, 0.5) is 0 Å². The maximum atomic E-state index is 5.44. The number of thiophene rings is 1. The maximum Gasteiger partial charge on any atom is 0.164 e. The summed E-state index contributed by atoms with van der Waals surface area (Å²) in [5.41, 5.74) is 11.0. The highest BCUT2D eigenvalue weighted by molar-refractivity contribution is 8.00. The Labute approximate surface area is 343 Å². The Morgan fingerprint density at radius 3 is 2.00 bits per heavy atom. The maximum absolute atomic E-state index is 5.44. The average molecular weight is 777 g/mol. The van der Waals surface area contributed by atoms with Gasteiger partial charge in [-0.1, -0.05) is 146 Å². The van der Waals surface area contributed by atoms with Gasteiger partial charge in [0.25, 0.3) is 0 Å². The lowest BCUT2D eigenvalue weighted by molar-refractivity contribution is 1.08. The van der Waals surface area contributed by atoms with Crippen molar-refractivity contribution in [2.75, 3.05) is 0 Å². The van der Waals surface area contributed by atoms with E-state index < -0.39 is 0 Å². The summed E-state index contributed by atoms with van der Waals surface area (Å²) in [7, 11) is 0. The van der Waals surface area contributed by atoms with Gasteiger partial charge in [-0.2, -0.15) is 0 Å². The van der Waals surface area contributed by atoms with Gasteiger partial charge in [0.15, 0.2) is 17.5 Å². The van der Waals surface area contributed by atoms with Crippen LogP contribution in [-0.2, 0) is 0 Å². The minimum absolute atomic E-state index is 0.395. The lowest BCUT2D eigenvalue weighted by atomic mass is 9.89. The van der Waals surface area contributed by atoms with Gasteiger partial charge in [-0.15, -0.1) is 23.1 Å². The Morgan fingerprint density at radius 1 is 0.466 bits per heavy atom. The number of hydrogen-bond donors (Lipinski definition) is 0. The van der Waals surface area contributed by atoms with Crippen LogP contribution in [0.5, 0.6) is 0 Å². The molecule has 2 aliphatic rings. The quantitative estimate of drug-likeness (QED) is 0.174. The first kappa shape index (κ1) is 33.4. The molecular weight excluding hydrogens is 745 g/mol. The van der Waals surface area contributed by atoms with Gasteiger partial charge in [-0.05, 0) is 64.2 Å². The van der Waals surface area contributed by atoms with Gasteiger partial charge in [-0.25, -0.2) is 19.9 Å². The number of thioether (sulfide) groups is 1. The molecule has 4 heterocycles. The highest BCUT2D eigenvalue weighted by Crippen LogP contribution is 2.46. The molecule has 0 radical (unpaired) electrons. The molecule has 1 aliphatic carbocycles. The van der Waals surface area contributed by atoms with Crippen LogP contribution >= 0.6 is 23.1 Å². The molecule has 1 atom stereocenters. The third-order valence-corrected chi connectivity index (χ3v) is 13.9. The van der Waals surface area contributed by atoms with Gasteiger partial charge in [-0.3, -0.25) is 0 Å². The van der Waals surface area contributed by atoms with Crippen molar-refractivity contribution < 1.29 is 0 Å². The van der Waals surface area contributed by atoms with Crippen molar-refractivity contribution in [3.63, 3.8) is 0 Å². The highest BCUT2D eigenvalue weighted by Gasteiger charge is 2.31. The van der Waals surface area contributed by atoms with Gasteiger partial charge >= 0.3 is 0 Å². The van der Waals surface area contributed by atoms with Crippen molar-refractivity contribution in [3.8, 4) is 56.5 Å². The normalized spacial score (nSPS) is 14.3. The van der Waals surface area contributed by atoms with Crippen LogP contribution < -0.4 is 10.4 Å². The van der Waals surface area contributed by atoms with Crippen LogP contribution in [0.2, 0.25) is 0 Å². The molecule has 0 spiro atoms.